The summed E-state index contributed by atoms with van der Waals surface area (Å²) in [7, 11) is -2.60. The largest absolute Gasteiger partial charge is 0.272 e. The summed E-state index contributed by atoms with van der Waals surface area (Å²) in [6.45, 7) is 26.5. The summed E-state index contributed by atoms with van der Waals surface area (Å²) in [5.74, 6) is 1.00. The Morgan fingerprint density at radius 1 is 0.473 bits per heavy atom. The maximum atomic E-state index is 14.5. The Bertz CT molecular complexity index is 5750. The first-order valence-corrected chi connectivity index (χ1v) is 40.4. The van der Waals surface area contributed by atoms with Crippen LogP contribution in [0.15, 0.2) is 165 Å². The van der Waals surface area contributed by atoms with Gasteiger partial charge in [-0.3, -0.25) is 38.3 Å². The number of hydrogen-bond acceptors (Lipinski definition) is 13. The molecule has 12 aromatic rings. The van der Waals surface area contributed by atoms with E-state index in [4.69, 9.17) is 20.1 Å². The van der Waals surface area contributed by atoms with Crippen LogP contribution < -0.4 is 5.14 Å². The number of rotatable bonds is 16. The van der Waals surface area contributed by atoms with Gasteiger partial charge in [0.05, 0.1) is 126 Å². The van der Waals surface area contributed by atoms with Gasteiger partial charge in [-0.15, -0.1) is 15.3 Å². The van der Waals surface area contributed by atoms with Crippen molar-refractivity contribution in [1.29, 1.82) is 0 Å². The molecule has 0 saturated heterocycles. The predicted octanol–water partition coefficient (Wildman–Crippen LogP) is 18.3. The van der Waals surface area contributed by atoms with Gasteiger partial charge in [0.15, 0.2) is 0 Å². The molecule has 0 radical (unpaired) electrons. The maximum Gasteiger partial charge on any atom is 0.135 e. The molecule has 18 rings (SSSR count). The van der Waals surface area contributed by atoms with Crippen LogP contribution in [0.3, 0.4) is 0 Å². The third kappa shape index (κ3) is 12.4. The summed E-state index contributed by atoms with van der Waals surface area (Å²) in [6.07, 6.45) is 18.1. The third-order valence-corrected chi connectivity index (χ3v) is 26.5. The van der Waals surface area contributed by atoms with Crippen LogP contribution in [0, 0.1) is 62.5 Å². The average molecular weight is 1530 g/mol. The minimum atomic E-state index is -2.60. The zero-order chi connectivity index (χ0) is 79.0. The normalized spacial score (nSPS) is 22.3. The van der Waals surface area contributed by atoms with Crippen molar-refractivity contribution in [3.63, 3.8) is 0 Å². The number of halogens is 6. The van der Waals surface area contributed by atoms with E-state index in [1.54, 1.807) is 10.9 Å². The molecule has 24 heteroatoms. The van der Waals surface area contributed by atoms with Gasteiger partial charge in [-0.25, -0.2) is 26.3 Å². The Morgan fingerprint density at radius 3 is 1.12 bits per heavy atom. The van der Waals surface area contributed by atoms with Crippen molar-refractivity contribution in [2.45, 2.75) is 175 Å². The van der Waals surface area contributed by atoms with E-state index in [1.165, 1.54) is 54.6 Å². The van der Waals surface area contributed by atoms with Crippen molar-refractivity contribution in [3.05, 3.63) is 250 Å². The Kier molecular flexibility index (Phi) is 18.7. The van der Waals surface area contributed by atoms with Crippen LogP contribution in [-0.4, -0.2) is 90.7 Å². The molecule has 0 aliphatic heterocycles. The molecule has 2 N–H and O–H groups in total. The molecule has 6 aliphatic rings. The van der Waals surface area contributed by atoms with Gasteiger partial charge in [0.1, 0.15) is 34.9 Å². The zero-order valence-corrected chi connectivity index (χ0v) is 65.6. The minimum Gasteiger partial charge on any atom is -0.272 e. The highest BCUT2D eigenvalue weighted by atomic mass is 32.2. The number of nitrogens with two attached hydrogens (primary N) is 1. The average Bonchev–Trinajstić information content (AvgIpc) is 1.53. The van der Waals surface area contributed by atoms with Crippen molar-refractivity contribution in [1.82, 2.24) is 74.9 Å². The number of aromatic nitrogens is 15. The fourth-order valence-corrected chi connectivity index (χ4v) is 20.2. The Labute approximate surface area is 648 Å². The molecular weight excluding hydrogens is 1440 g/mol. The molecule has 576 valence electrons. The molecule has 112 heavy (non-hydrogen) atoms. The van der Waals surface area contributed by atoms with E-state index >= 15 is 0 Å². The number of pyridine rings is 3. The van der Waals surface area contributed by atoms with Crippen LogP contribution >= 0.6 is 0 Å². The first kappa shape index (κ1) is 75.6. The molecule has 0 spiro atoms. The molecule has 3 fully saturated rings. The highest BCUT2D eigenvalue weighted by Gasteiger charge is 2.68. The highest BCUT2D eigenvalue weighted by molar-refractivity contribution is 7.98. The summed E-state index contributed by atoms with van der Waals surface area (Å²) in [5, 5.41) is 46.0. The molecule has 9 heterocycles. The van der Waals surface area contributed by atoms with Crippen LogP contribution in [0.5, 0.6) is 0 Å². The van der Waals surface area contributed by atoms with E-state index < -0.39 is 60.9 Å². The standard InChI is InChI=1S/2C30H31F2N5.C28H28F2N6OS/c1-28(2,3)17-37-16-18(15-33-37)23-10-7-11-25(34-23)30-13-12-20(29(30,4)5)19-14-24(35-36-27(19)30)26-21(31)8-6-9-22(26)32;1-5-18(2)16-37-17-19(15-33-37)24-10-7-11-26(34-24)30-13-12-21(29(30,3)4)20-14-25(35-36-28(20)30)27-22(31)8-6-9-23(27)32;1-27(2)19-10-11-28(27,26-18(19)14-23(34-35-26)25-20(29)6-4-7-21(25)30)24-9-5-8-22(33-24)17-15-32-36(16-17)12-13-38(3,31)37/h6-11,14-16,20H,12-13,17H2,1-5H3;6-11,14-15,17-18,21H,5,12-13,16H2,1-4H3;4-9,14-16,19H,3,10-13H2,1-2H3,(H2,31,37)/t20-,30-;18-,21+,30+;19-,28-,38?/m010/s1. The number of nitrogens with zero attached hydrogens (tertiary/aromatic N) is 15. The third-order valence-electron chi connectivity index (χ3n) is 25.6. The van der Waals surface area contributed by atoms with Crippen LogP contribution in [0.25, 0.3) is 67.5 Å². The molecule has 3 aromatic carbocycles. The summed E-state index contributed by atoms with van der Waals surface area (Å²) < 4.78 is 105. The second-order valence-electron chi connectivity index (χ2n) is 34.3. The SMILES string of the molecule is C=S(N)(=O)CCn1cc(-c2cccc([C@@]34CC[C@@H](c5cc(-c6c(F)cccc6F)nnc53)C4(C)C)n2)cn1.CC(C)(C)Cn1cc(-c2cccc([C@@]34CC[C@@H](c5cc(-c6c(F)cccc6F)nnc53)C4(C)C)n2)cn1.CC[C@@H](C)Cn1cc(-c2cccc([C@@]34CC[C@@H](c5cc(-c6c(F)cccc6F)nnc53)C4(C)C)n2)cn1. The van der Waals surface area contributed by atoms with E-state index in [-0.39, 0.29) is 78.9 Å². The fourth-order valence-electron chi connectivity index (χ4n) is 19.7. The molecule has 1 unspecified atom stereocenters. The van der Waals surface area contributed by atoms with Gasteiger partial charge < -0.3 is 0 Å². The van der Waals surface area contributed by atoms with E-state index in [0.29, 0.717) is 12.5 Å². The van der Waals surface area contributed by atoms with Crippen molar-refractivity contribution >= 4 is 15.6 Å². The van der Waals surface area contributed by atoms with E-state index in [9.17, 15) is 30.6 Å². The van der Waals surface area contributed by atoms with Crippen LogP contribution in [0.1, 0.15) is 190 Å². The maximum absolute atomic E-state index is 14.5. The fraction of sp³-hybridized carbons (Fsp3) is 0.375. The first-order valence-electron chi connectivity index (χ1n) is 38.4. The summed E-state index contributed by atoms with van der Waals surface area (Å²) in [6, 6.07) is 35.3. The molecule has 9 aromatic heterocycles. The first-order chi connectivity index (χ1) is 53.3. The highest BCUT2D eigenvalue weighted by Crippen LogP contribution is 2.72. The van der Waals surface area contributed by atoms with Crippen molar-refractivity contribution in [3.8, 4) is 67.5 Å². The lowest BCUT2D eigenvalue weighted by molar-refractivity contribution is 0.243. The monoisotopic (exact) mass is 1530 g/mol. The molecule has 0 amide bonds. The second-order valence-corrected chi connectivity index (χ2v) is 36.4. The van der Waals surface area contributed by atoms with Crippen LogP contribution in [-0.2, 0) is 45.6 Å². The molecule has 6 bridgehead atoms. The lowest BCUT2D eigenvalue weighted by Gasteiger charge is -2.37. The molecular formula is C88H90F6N16OS. The summed E-state index contributed by atoms with van der Waals surface area (Å²) >= 11 is 0. The van der Waals surface area contributed by atoms with E-state index in [2.05, 4.69) is 159 Å². The molecule has 8 atom stereocenters. The van der Waals surface area contributed by atoms with Gasteiger partial charge in [0, 0.05) is 63.8 Å². The van der Waals surface area contributed by atoms with Gasteiger partial charge in [0.2, 0.25) is 0 Å². The van der Waals surface area contributed by atoms with E-state index in [0.717, 1.165) is 143 Å². The predicted molar refractivity (Wildman–Crippen MR) is 421 cm³/mol. The van der Waals surface area contributed by atoms with Crippen LogP contribution in [0.4, 0.5) is 26.3 Å². The number of aryl methyl sites for hydroxylation is 1. The molecule has 6 aliphatic carbocycles. The van der Waals surface area contributed by atoms with Crippen molar-refractivity contribution in [2.24, 2.45) is 32.7 Å². The lowest BCUT2D eigenvalue weighted by atomic mass is 9.66. The zero-order valence-electron chi connectivity index (χ0n) is 64.8. The molecule has 17 nitrogen and oxygen atoms in total. The van der Waals surface area contributed by atoms with Gasteiger partial charge in [0.25, 0.3) is 0 Å². The van der Waals surface area contributed by atoms with Gasteiger partial charge >= 0.3 is 0 Å². The number of benzene rings is 3. The Balaban J connectivity index is 0.000000127. The number of hydrogen-bond donors (Lipinski definition) is 1. The minimum absolute atomic E-state index is 0.122. The van der Waals surface area contributed by atoms with Gasteiger partial charge in [-0.1, -0.05) is 119 Å². The van der Waals surface area contributed by atoms with E-state index in [1.807, 2.05) is 82.6 Å². The van der Waals surface area contributed by atoms with Crippen molar-refractivity contribution in [2.75, 3.05) is 5.75 Å². The summed E-state index contributed by atoms with van der Waals surface area (Å²) in [5.41, 5.74) is 12.2. The number of fused-ring (bicyclic) bond motifs is 15. The second kappa shape index (κ2) is 27.7. The van der Waals surface area contributed by atoms with Crippen molar-refractivity contribution < 1.29 is 30.6 Å². The smallest absolute Gasteiger partial charge is 0.135 e. The van der Waals surface area contributed by atoms with Crippen LogP contribution in [0.2, 0.25) is 0 Å². The lowest BCUT2D eigenvalue weighted by Crippen LogP contribution is -2.37. The quantitative estimate of drug-likeness (QED) is 0.0705. The Morgan fingerprint density at radius 2 is 0.786 bits per heavy atom. The van der Waals surface area contributed by atoms with Gasteiger partial charge in [-0.05, 0) is 197 Å². The molecule has 3 saturated carbocycles. The topological polar surface area (TPSA) is 213 Å². The summed E-state index contributed by atoms with van der Waals surface area (Å²) in [4.78, 5) is 15.4. The van der Waals surface area contributed by atoms with Gasteiger partial charge in [-0.2, -0.15) is 30.6 Å². The Hall–Kier alpha value is -10.5.